The smallest absolute Gasteiger partial charge is 0.291 e. The molecule has 0 radical (unpaired) electrons. The Morgan fingerprint density at radius 2 is 1.80 bits per heavy atom. The third-order valence-corrected chi connectivity index (χ3v) is 6.51. The molecule has 0 aliphatic carbocycles. The van der Waals surface area contributed by atoms with Gasteiger partial charge in [-0.25, -0.2) is 0 Å². The summed E-state index contributed by atoms with van der Waals surface area (Å²) >= 11 is 1.26. The highest BCUT2D eigenvalue weighted by atomic mass is 32.1. The Morgan fingerprint density at radius 3 is 2.50 bits per heavy atom. The molecule has 0 spiro atoms. The zero-order valence-corrected chi connectivity index (χ0v) is 17.7. The first kappa shape index (κ1) is 20.4. The molecule has 1 atom stereocenters. The van der Waals surface area contributed by atoms with E-state index in [4.69, 9.17) is 4.42 Å². The van der Waals surface area contributed by atoms with Crippen LogP contribution < -0.4 is 10.6 Å². The van der Waals surface area contributed by atoms with E-state index in [9.17, 15) is 9.59 Å². The first-order chi connectivity index (χ1) is 14.6. The molecule has 1 fully saturated rings. The van der Waals surface area contributed by atoms with Crippen molar-refractivity contribution in [1.82, 2.24) is 10.2 Å². The molecule has 7 heteroatoms. The molecule has 6 nitrogen and oxygen atoms in total. The van der Waals surface area contributed by atoms with Crippen LogP contribution in [0.15, 0.2) is 65.3 Å². The molecular formula is C23H25N3O3S. The maximum atomic E-state index is 12.6. The van der Waals surface area contributed by atoms with E-state index in [1.807, 2.05) is 6.07 Å². The van der Waals surface area contributed by atoms with E-state index in [1.165, 1.54) is 23.2 Å². The van der Waals surface area contributed by atoms with Crippen LogP contribution in [-0.2, 0) is 0 Å². The number of amides is 2. The molecule has 3 aromatic rings. The van der Waals surface area contributed by atoms with Gasteiger partial charge in [0.1, 0.15) is 0 Å². The minimum atomic E-state index is -0.325. The summed E-state index contributed by atoms with van der Waals surface area (Å²) in [4.78, 5) is 27.7. The highest BCUT2D eigenvalue weighted by Crippen LogP contribution is 2.26. The van der Waals surface area contributed by atoms with Crippen molar-refractivity contribution >= 4 is 28.2 Å². The Kier molecular flexibility index (Phi) is 6.30. The molecule has 1 unspecified atom stereocenters. The second-order valence-electron chi connectivity index (χ2n) is 7.47. The topological polar surface area (TPSA) is 74.6 Å². The number of carbonyl (C=O) groups excluding carboxylic acids is 2. The van der Waals surface area contributed by atoms with Crippen LogP contribution in [0.2, 0.25) is 0 Å². The van der Waals surface area contributed by atoms with Gasteiger partial charge in [-0.05, 0) is 49.6 Å². The number of thiophene rings is 1. The van der Waals surface area contributed by atoms with Crippen molar-refractivity contribution < 1.29 is 14.0 Å². The normalized spacial score (nSPS) is 16.2. The Balaban J connectivity index is 1.27. The van der Waals surface area contributed by atoms with Gasteiger partial charge in [-0.3, -0.25) is 14.5 Å². The van der Waals surface area contributed by atoms with E-state index in [-0.39, 0.29) is 23.6 Å². The van der Waals surface area contributed by atoms with Gasteiger partial charge >= 0.3 is 0 Å². The second kappa shape index (κ2) is 9.28. The lowest BCUT2D eigenvalue weighted by Crippen LogP contribution is -2.45. The summed E-state index contributed by atoms with van der Waals surface area (Å²) in [6.45, 7) is 4.14. The number of nitrogens with zero attached hydrogens (tertiary/aromatic N) is 1. The van der Waals surface area contributed by atoms with Gasteiger partial charge in [0.25, 0.3) is 11.8 Å². The van der Waals surface area contributed by atoms with Crippen molar-refractivity contribution in [3.63, 3.8) is 0 Å². The van der Waals surface area contributed by atoms with Crippen molar-refractivity contribution in [2.24, 2.45) is 0 Å². The first-order valence-electron chi connectivity index (χ1n) is 10.1. The minimum absolute atomic E-state index is 0.0898. The van der Waals surface area contributed by atoms with Crippen LogP contribution in [0.25, 0.3) is 0 Å². The lowest BCUT2D eigenvalue weighted by atomic mass is 10.00. The molecule has 2 aromatic heterocycles. The summed E-state index contributed by atoms with van der Waals surface area (Å²) in [6.07, 6.45) is 3.31. The Bertz CT molecular complexity index is 976. The SMILES string of the molecule is CC(c1ccccc1)N1CCC(NC(=O)c2ccc(NC(=O)c3ccco3)s2)CC1. The van der Waals surface area contributed by atoms with Gasteiger partial charge in [-0.2, -0.15) is 0 Å². The summed E-state index contributed by atoms with van der Waals surface area (Å²) in [6, 6.07) is 17.8. The number of furan rings is 1. The maximum Gasteiger partial charge on any atom is 0.291 e. The van der Waals surface area contributed by atoms with E-state index in [0.717, 1.165) is 25.9 Å². The van der Waals surface area contributed by atoms with Crippen LogP contribution in [0.4, 0.5) is 5.00 Å². The molecular weight excluding hydrogens is 398 g/mol. The van der Waals surface area contributed by atoms with Crippen molar-refractivity contribution in [3.8, 4) is 0 Å². The van der Waals surface area contributed by atoms with E-state index in [1.54, 1.807) is 24.3 Å². The van der Waals surface area contributed by atoms with Gasteiger partial charge in [-0.15, -0.1) is 11.3 Å². The summed E-state index contributed by atoms with van der Waals surface area (Å²) < 4.78 is 5.09. The van der Waals surface area contributed by atoms with E-state index >= 15 is 0 Å². The number of carbonyl (C=O) groups is 2. The van der Waals surface area contributed by atoms with Crippen LogP contribution in [0.3, 0.4) is 0 Å². The minimum Gasteiger partial charge on any atom is -0.459 e. The summed E-state index contributed by atoms with van der Waals surface area (Å²) in [7, 11) is 0. The average molecular weight is 424 g/mol. The predicted octanol–water partition coefficient (Wildman–Crippen LogP) is 4.55. The summed E-state index contributed by atoms with van der Waals surface area (Å²) in [5, 5.41) is 6.52. The average Bonchev–Trinajstić information content (AvgIpc) is 3.47. The molecule has 1 saturated heterocycles. The lowest BCUT2D eigenvalue weighted by molar-refractivity contribution is 0.0899. The fraction of sp³-hybridized carbons (Fsp3) is 0.304. The number of rotatable bonds is 6. The van der Waals surface area contributed by atoms with Gasteiger partial charge in [0, 0.05) is 25.2 Å². The zero-order chi connectivity index (χ0) is 20.9. The number of piperidine rings is 1. The predicted molar refractivity (Wildman–Crippen MR) is 118 cm³/mol. The van der Waals surface area contributed by atoms with Crippen LogP contribution >= 0.6 is 11.3 Å². The van der Waals surface area contributed by atoms with Gasteiger partial charge in [-0.1, -0.05) is 30.3 Å². The largest absolute Gasteiger partial charge is 0.459 e. The number of anilines is 1. The van der Waals surface area contributed by atoms with Crippen molar-refractivity contribution in [1.29, 1.82) is 0 Å². The fourth-order valence-electron chi connectivity index (χ4n) is 3.74. The summed E-state index contributed by atoms with van der Waals surface area (Å²) in [5.74, 6) is -0.173. The van der Waals surface area contributed by atoms with Crippen molar-refractivity contribution in [2.45, 2.75) is 31.8 Å². The number of nitrogens with one attached hydrogen (secondary N) is 2. The van der Waals surface area contributed by atoms with Gasteiger partial charge < -0.3 is 15.1 Å². The molecule has 0 saturated carbocycles. The van der Waals surface area contributed by atoms with E-state index in [2.05, 4.69) is 46.7 Å². The van der Waals surface area contributed by atoms with Crippen LogP contribution in [-0.4, -0.2) is 35.8 Å². The van der Waals surface area contributed by atoms with Crippen LogP contribution in [0.1, 0.15) is 51.6 Å². The molecule has 1 aromatic carbocycles. The van der Waals surface area contributed by atoms with E-state index < -0.39 is 0 Å². The molecule has 156 valence electrons. The molecule has 30 heavy (non-hydrogen) atoms. The fourth-order valence-corrected chi connectivity index (χ4v) is 4.54. The van der Waals surface area contributed by atoms with Gasteiger partial charge in [0.2, 0.25) is 0 Å². The van der Waals surface area contributed by atoms with Gasteiger partial charge in [0.05, 0.1) is 16.1 Å². The lowest BCUT2D eigenvalue weighted by Gasteiger charge is -2.36. The third kappa shape index (κ3) is 4.80. The number of likely N-dealkylation sites (tertiary alicyclic amines) is 1. The molecule has 0 bridgehead atoms. The number of hydrogen-bond donors (Lipinski definition) is 2. The van der Waals surface area contributed by atoms with Crippen LogP contribution in [0.5, 0.6) is 0 Å². The summed E-state index contributed by atoms with van der Waals surface area (Å²) in [5.41, 5.74) is 1.32. The molecule has 2 N–H and O–H groups in total. The second-order valence-corrected chi connectivity index (χ2v) is 8.55. The van der Waals surface area contributed by atoms with Crippen molar-refractivity contribution in [2.75, 3.05) is 18.4 Å². The zero-order valence-electron chi connectivity index (χ0n) is 16.8. The first-order valence-corrected chi connectivity index (χ1v) is 11.0. The highest BCUT2D eigenvalue weighted by Gasteiger charge is 2.25. The number of hydrogen-bond acceptors (Lipinski definition) is 5. The van der Waals surface area contributed by atoms with E-state index in [0.29, 0.717) is 15.9 Å². The molecule has 4 rings (SSSR count). The van der Waals surface area contributed by atoms with Crippen LogP contribution in [0, 0.1) is 0 Å². The highest BCUT2D eigenvalue weighted by molar-refractivity contribution is 7.18. The third-order valence-electron chi connectivity index (χ3n) is 5.51. The monoisotopic (exact) mass is 423 g/mol. The molecule has 1 aliphatic rings. The van der Waals surface area contributed by atoms with Crippen molar-refractivity contribution in [3.05, 3.63) is 77.1 Å². The quantitative estimate of drug-likeness (QED) is 0.610. The Labute approximate surface area is 179 Å². The van der Waals surface area contributed by atoms with Gasteiger partial charge in [0.15, 0.2) is 5.76 Å². The molecule has 1 aliphatic heterocycles. The number of benzene rings is 1. The maximum absolute atomic E-state index is 12.6. The Morgan fingerprint density at radius 1 is 1.03 bits per heavy atom. The molecule has 2 amide bonds. The molecule has 3 heterocycles. The standard InChI is InChI=1S/C23H25N3O3S/c1-16(17-6-3-2-4-7-17)26-13-11-18(12-14-26)24-23(28)20-9-10-21(30-20)25-22(27)19-8-5-15-29-19/h2-10,15-16,18H,11-14H2,1H3,(H,24,28)(H,25,27). The Hall–Kier alpha value is -2.90.